The van der Waals surface area contributed by atoms with E-state index in [4.69, 9.17) is 9.47 Å². The quantitative estimate of drug-likeness (QED) is 0.804. The lowest BCUT2D eigenvalue weighted by Crippen LogP contribution is -2.23. The molecule has 0 amide bonds. The summed E-state index contributed by atoms with van der Waals surface area (Å²) in [5, 5.41) is 0. The summed E-state index contributed by atoms with van der Waals surface area (Å²) in [6, 6.07) is 7.74. The number of carbonyl (C=O) groups is 1. The number of benzene rings is 1. The maximum Gasteiger partial charge on any atom is 0.335 e. The van der Waals surface area contributed by atoms with Crippen LogP contribution in [0, 0.1) is 0 Å². The van der Waals surface area contributed by atoms with E-state index in [1.807, 2.05) is 31.2 Å². The summed E-state index contributed by atoms with van der Waals surface area (Å²) in [5.41, 5.74) is 0.971. The minimum Gasteiger partial charge on any atom is -0.456 e. The molecule has 0 spiro atoms. The molecule has 0 bridgehead atoms. The van der Waals surface area contributed by atoms with Gasteiger partial charge in [0.05, 0.1) is 0 Å². The van der Waals surface area contributed by atoms with Crippen LogP contribution in [0.15, 0.2) is 28.7 Å². The molecule has 1 aromatic carbocycles. The highest BCUT2D eigenvalue weighted by molar-refractivity contribution is 9.10. The monoisotopic (exact) mass is 298 g/mol. The Bertz CT molecular complexity index is 399. The average Bonchev–Trinajstić information content (AvgIpc) is 2.82. The number of halogens is 1. The van der Waals surface area contributed by atoms with Crippen LogP contribution in [0.1, 0.15) is 31.4 Å². The van der Waals surface area contributed by atoms with E-state index in [1.165, 1.54) is 0 Å². The highest BCUT2D eigenvalue weighted by Gasteiger charge is 2.27. The summed E-state index contributed by atoms with van der Waals surface area (Å²) in [5.74, 6) is -0.259. The highest BCUT2D eigenvalue weighted by atomic mass is 79.9. The van der Waals surface area contributed by atoms with Crippen LogP contribution in [0.3, 0.4) is 0 Å². The third kappa shape index (κ3) is 3.07. The van der Waals surface area contributed by atoms with Crippen LogP contribution in [0.2, 0.25) is 0 Å². The SMILES string of the molecule is CC(OC(=O)C1CCCO1)c1ccccc1Br. The van der Waals surface area contributed by atoms with Gasteiger partial charge >= 0.3 is 5.97 Å². The third-order valence-corrected chi connectivity index (χ3v) is 3.55. The summed E-state index contributed by atoms with van der Waals surface area (Å²) >= 11 is 3.45. The molecule has 1 aliphatic rings. The van der Waals surface area contributed by atoms with Gasteiger partial charge in [0.25, 0.3) is 0 Å². The zero-order valence-electron chi connectivity index (χ0n) is 9.69. The fourth-order valence-electron chi connectivity index (χ4n) is 1.88. The molecular formula is C13H15BrO3. The first-order valence-electron chi connectivity index (χ1n) is 5.75. The predicted molar refractivity (Wildman–Crippen MR) is 67.6 cm³/mol. The fraction of sp³-hybridized carbons (Fsp3) is 0.462. The van der Waals surface area contributed by atoms with Crippen LogP contribution >= 0.6 is 15.9 Å². The van der Waals surface area contributed by atoms with Crippen molar-refractivity contribution in [3.63, 3.8) is 0 Å². The lowest BCUT2D eigenvalue weighted by molar-refractivity contribution is -0.159. The molecule has 17 heavy (non-hydrogen) atoms. The van der Waals surface area contributed by atoms with Gasteiger partial charge in [0.1, 0.15) is 6.10 Å². The molecular weight excluding hydrogens is 284 g/mol. The Hall–Kier alpha value is -0.870. The van der Waals surface area contributed by atoms with E-state index in [2.05, 4.69) is 15.9 Å². The second kappa shape index (κ2) is 5.65. The number of esters is 1. The van der Waals surface area contributed by atoms with Gasteiger partial charge in [0.2, 0.25) is 0 Å². The molecule has 1 aliphatic heterocycles. The molecule has 2 rings (SSSR count). The molecule has 0 aromatic heterocycles. The van der Waals surface area contributed by atoms with Gasteiger partial charge in [-0.2, -0.15) is 0 Å². The Morgan fingerprint density at radius 2 is 2.29 bits per heavy atom. The molecule has 1 heterocycles. The fourth-order valence-corrected chi connectivity index (χ4v) is 2.49. The molecule has 2 unspecified atom stereocenters. The van der Waals surface area contributed by atoms with Crippen molar-refractivity contribution in [3.8, 4) is 0 Å². The Kier molecular flexibility index (Phi) is 4.18. The Morgan fingerprint density at radius 1 is 1.53 bits per heavy atom. The Labute approximate surface area is 109 Å². The van der Waals surface area contributed by atoms with E-state index in [0.717, 1.165) is 22.9 Å². The molecule has 4 heteroatoms. The number of rotatable bonds is 3. The van der Waals surface area contributed by atoms with Gasteiger partial charge in [-0.25, -0.2) is 4.79 Å². The van der Waals surface area contributed by atoms with Crippen LogP contribution in [0.5, 0.6) is 0 Å². The van der Waals surface area contributed by atoms with E-state index in [1.54, 1.807) is 0 Å². The highest BCUT2D eigenvalue weighted by Crippen LogP contribution is 2.26. The van der Waals surface area contributed by atoms with E-state index in [9.17, 15) is 4.79 Å². The first kappa shape index (κ1) is 12.6. The molecule has 92 valence electrons. The molecule has 0 radical (unpaired) electrons. The van der Waals surface area contributed by atoms with Crippen molar-refractivity contribution in [2.75, 3.05) is 6.61 Å². The van der Waals surface area contributed by atoms with Crippen LogP contribution in [-0.4, -0.2) is 18.7 Å². The molecule has 0 aliphatic carbocycles. The van der Waals surface area contributed by atoms with Crippen molar-refractivity contribution in [1.82, 2.24) is 0 Å². The first-order valence-corrected chi connectivity index (χ1v) is 6.54. The van der Waals surface area contributed by atoms with E-state index < -0.39 is 0 Å². The molecule has 1 fully saturated rings. The van der Waals surface area contributed by atoms with Crippen molar-refractivity contribution in [1.29, 1.82) is 0 Å². The van der Waals surface area contributed by atoms with E-state index in [0.29, 0.717) is 6.61 Å². The predicted octanol–water partition coefficient (Wildman–Crippen LogP) is 3.23. The van der Waals surface area contributed by atoms with Crippen LogP contribution in [0.4, 0.5) is 0 Å². The number of ether oxygens (including phenoxy) is 2. The number of hydrogen-bond acceptors (Lipinski definition) is 3. The van der Waals surface area contributed by atoms with Crippen molar-refractivity contribution in [2.24, 2.45) is 0 Å². The normalized spacial score (nSPS) is 21.2. The van der Waals surface area contributed by atoms with Crippen LogP contribution in [0.25, 0.3) is 0 Å². The number of hydrogen-bond donors (Lipinski definition) is 0. The molecule has 1 aromatic rings. The van der Waals surface area contributed by atoms with Gasteiger partial charge in [0, 0.05) is 16.6 Å². The second-order valence-electron chi connectivity index (χ2n) is 4.10. The molecule has 1 saturated heterocycles. The minimum atomic E-state index is -0.375. The minimum absolute atomic E-state index is 0.259. The van der Waals surface area contributed by atoms with Crippen LogP contribution < -0.4 is 0 Å². The summed E-state index contributed by atoms with van der Waals surface area (Å²) in [7, 11) is 0. The van der Waals surface area contributed by atoms with E-state index in [-0.39, 0.29) is 18.2 Å². The van der Waals surface area contributed by atoms with Crippen molar-refractivity contribution in [2.45, 2.75) is 32.0 Å². The van der Waals surface area contributed by atoms with Gasteiger partial charge in [-0.15, -0.1) is 0 Å². The lowest BCUT2D eigenvalue weighted by Gasteiger charge is -2.17. The van der Waals surface area contributed by atoms with Crippen LogP contribution in [-0.2, 0) is 14.3 Å². The Morgan fingerprint density at radius 3 is 2.94 bits per heavy atom. The summed E-state index contributed by atoms with van der Waals surface area (Å²) in [6.45, 7) is 2.52. The Balaban J connectivity index is 1.99. The summed E-state index contributed by atoms with van der Waals surface area (Å²) < 4.78 is 11.7. The second-order valence-corrected chi connectivity index (χ2v) is 4.96. The summed E-state index contributed by atoms with van der Waals surface area (Å²) in [4.78, 5) is 11.8. The largest absolute Gasteiger partial charge is 0.456 e. The van der Waals surface area contributed by atoms with E-state index >= 15 is 0 Å². The first-order chi connectivity index (χ1) is 8.18. The van der Waals surface area contributed by atoms with Gasteiger partial charge in [-0.05, 0) is 25.8 Å². The maximum absolute atomic E-state index is 11.8. The van der Waals surface area contributed by atoms with Gasteiger partial charge < -0.3 is 9.47 Å². The topological polar surface area (TPSA) is 35.5 Å². The average molecular weight is 299 g/mol. The van der Waals surface area contributed by atoms with Crippen molar-refractivity contribution < 1.29 is 14.3 Å². The van der Waals surface area contributed by atoms with Gasteiger partial charge in [-0.1, -0.05) is 34.1 Å². The van der Waals surface area contributed by atoms with Gasteiger partial charge in [-0.3, -0.25) is 0 Å². The summed E-state index contributed by atoms with van der Waals surface area (Å²) in [6.07, 6.45) is 1.06. The maximum atomic E-state index is 11.8. The molecule has 3 nitrogen and oxygen atoms in total. The molecule has 0 saturated carbocycles. The third-order valence-electron chi connectivity index (χ3n) is 2.83. The molecule has 2 atom stereocenters. The number of carbonyl (C=O) groups excluding carboxylic acids is 1. The lowest BCUT2D eigenvalue weighted by atomic mass is 10.1. The van der Waals surface area contributed by atoms with Crippen molar-refractivity contribution >= 4 is 21.9 Å². The smallest absolute Gasteiger partial charge is 0.335 e. The zero-order chi connectivity index (χ0) is 12.3. The van der Waals surface area contributed by atoms with Gasteiger partial charge in [0.15, 0.2) is 6.10 Å². The standard InChI is InChI=1S/C13H15BrO3/c1-9(10-5-2-3-6-11(10)14)17-13(15)12-7-4-8-16-12/h2-3,5-6,9,12H,4,7-8H2,1H3. The van der Waals surface area contributed by atoms with Crippen molar-refractivity contribution in [3.05, 3.63) is 34.3 Å². The zero-order valence-corrected chi connectivity index (χ0v) is 11.3. The molecule has 0 N–H and O–H groups in total.